The van der Waals surface area contributed by atoms with Crippen molar-refractivity contribution in [2.24, 2.45) is 5.92 Å². The van der Waals surface area contributed by atoms with Gasteiger partial charge >= 0.3 is 0 Å². The second kappa shape index (κ2) is 10.8. The predicted molar refractivity (Wildman–Crippen MR) is 120 cm³/mol. The molecule has 0 radical (unpaired) electrons. The molecule has 31 heavy (non-hydrogen) atoms. The average molecular weight is 426 g/mol. The Balaban J connectivity index is 1.56. The number of carbonyl (C=O) groups is 2. The minimum Gasteiger partial charge on any atom is -0.493 e. The number of pyridine rings is 1. The molecular formula is C24H31N3O4. The molecule has 0 bridgehead atoms. The van der Waals surface area contributed by atoms with E-state index in [0.717, 1.165) is 18.4 Å². The number of hydrogen-bond acceptors (Lipinski definition) is 5. The van der Waals surface area contributed by atoms with E-state index in [1.165, 1.54) is 0 Å². The van der Waals surface area contributed by atoms with E-state index in [4.69, 9.17) is 9.47 Å². The van der Waals surface area contributed by atoms with Crippen LogP contribution < -0.4 is 14.8 Å². The van der Waals surface area contributed by atoms with Crippen molar-refractivity contribution in [1.82, 2.24) is 9.88 Å². The van der Waals surface area contributed by atoms with E-state index in [1.807, 2.05) is 19.1 Å². The van der Waals surface area contributed by atoms with Gasteiger partial charge in [-0.2, -0.15) is 0 Å². The fraction of sp³-hybridized carbons (Fsp3) is 0.458. The van der Waals surface area contributed by atoms with Crippen molar-refractivity contribution in [3.8, 4) is 11.5 Å². The van der Waals surface area contributed by atoms with E-state index >= 15 is 0 Å². The van der Waals surface area contributed by atoms with Crippen LogP contribution in [0.25, 0.3) is 0 Å². The number of unbranched alkanes of at least 4 members (excludes halogenated alkanes) is 1. The lowest BCUT2D eigenvalue weighted by Crippen LogP contribution is -2.41. The van der Waals surface area contributed by atoms with E-state index in [2.05, 4.69) is 17.2 Å². The summed E-state index contributed by atoms with van der Waals surface area (Å²) in [4.78, 5) is 31.5. The number of aryl methyl sites for hydroxylation is 1. The van der Waals surface area contributed by atoms with Crippen LogP contribution in [-0.2, 0) is 4.79 Å². The Morgan fingerprint density at radius 2 is 1.94 bits per heavy atom. The van der Waals surface area contributed by atoms with Crippen LogP contribution in [0.2, 0.25) is 0 Å². The molecule has 2 amide bonds. The zero-order valence-corrected chi connectivity index (χ0v) is 18.5. The van der Waals surface area contributed by atoms with Gasteiger partial charge in [0.05, 0.1) is 13.7 Å². The SMILES string of the molecule is CCCCOc1ccc(C(=O)N2CCC(C(=O)Nc3cc(C)ccn3)CC2)cc1OC. The summed E-state index contributed by atoms with van der Waals surface area (Å²) in [6.45, 7) is 5.76. The maximum absolute atomic E-state index is 13.0. The number of hydrogen-bond donors (Lipinski definition) is 1. The molecule has 1 aliphatic heterocycles. The highest BCUT2D eigenvalue weighted by Gasteiger charge is 2.28. The number of rotatable bonds is 8. The first-order valence-corrected chi connectivity index (χ1v) is 10.9. The molecular weight excluding hydrogens is 394 g/mol. The third kappa shape index (κ3) is 5.96. The van der Waals surface area contributed by atoms with Crippen molar-refractivity contribution >= 4 is 17.6 Å². The summed E-state index contributed by atoms with van der Waals surface area (Å²) in [5, 5.41) is 2.89. The highest BCUT2D eigenvalue weighted by Crippen LogP contribution is 2.29. The maximum Gasteiger partial charge on any atom is 0.253 e. The summed E-state index contributed by atoms with van der Waals surface area (Å²) in [7, 11) is 1.57. The summed E-state index contributed by atoms with van der Waals surface area (Å²) in [5.41, 5.74) is 1.61. The Bertz CT molecular complexity index is 907. The first-order chi connectivity index (χ1) is 15.0. The highest BCUT2D eigenvalue weighted by molar-refractivity contribution is 5.95. The van der Waals surface area contributed by atoms with Gasteiger partial charge in [-0.25, -0.2) is 4.98 Å². The van der Waals surface area contributed by atoms with Gasteiger partial charge in [0.15, 0.2) is 11.5 Å². The summed E-state index contributed by atoms with van der Waals surface area (Å²) in [6.07, 6.45) is 4.94. The summed E-state index contributed by atoms with van der Waals surface area (Å²) in [5.74, 6) is 1.54. The standard InChI is InChI=1S/C24H31N3O4/c1-4-5-14-31-20-7-6-19(16-21(20)30-3)24(29)27-12-9-18(10-13-27)23(28)26-22-15-17(2)8-11-25-22/h6-8,11,15-16,18H,4-5,9-10,12-14H2,1-3H3,(H,25,26,28). The smallest absolute Gasteiger partial charge is 0.253 e. The van der Waals surface area contributed by atoms with Crippen molar-refractivity contribution in [3.05, 3.63) is 47.7 Å². The zero-order chi connectivity index (χ0) is 22.2. The molecule has 7 heteroatoms. The quantitative estimate of drug-likeness (QED) is 0.645. The highest BCUT2D eigenvalue weighted by atomic mass is 16.5. The minimum absolute atomic E-state index is 0.0413. The van der Waals surface area contributed by atoms with Crippen LogP contribution in [0.15, 0.2) is 36.5 Å². The van der Waals surface area contributed by atoms with Crippen molar-refractivity contribution in [2.45, 2.75) is 39.5 Å². The lowest BCUT2D eigenvalue weighted by Gasteiger charge is -2.31. The number of nitrogens with one attached hydrogen (secondary N) is 1. The number of nitrogens with zero attached hydrogens (tertiary/aromatic N) is 2. The van der Waals surface area contributed by atoms with E-state index in [0.29, 0.717) is 55.4 Å². The molecule has 1 aromatic carbocycles. The largest absolute Gasteiger partial charge is 0.493 e. The summed E-state index contributed by atoms with van der Waals surface area (Å²) >= 11 is 0. The minimum atomic E-state index is -0.129. The Morgan fingerprint density at radius 1 is 1.16 bits per heavy atom. The lowest BCUT2D eigenvalue weighted by molar-refractivity contribution is -0.121. The number of methoxy groups -OCH3 is 1. The molecule has 2 aromatic rings. The molecule has 7 nitrogen and oxygen atoms in total. The molecule has 166 valence electrons. The molecule has 0 saturated carbocycles. The second-order valence-electron chi connectivity index (χ2n) is 7.84. The number of aromatic nitrogens is 1. The number of piperidine rings is 1. The molecule has 1 fully saturated rings. The molecule has 0 unspecified atom stereocenters. The van der Waals surface area contributed by atoms with Gasteiger partial charge in [0, 0.05) is 30.8 Å². The van der Waals surface area contributed by atoms with Crippen LogP contribution in [-0.4, -0.2) is 48.5 Å². The van der Waals surface area contributed by atoms with Gasteiger partial charge in [-0.1, -0.05) is 13.3 Å². The number of carbonyl (C=O) groups excluding carboxylic acids is 2. The molecule has 1 saturated heterocycles. The van der Waals surface area contributed by atoms with Gasteiger partial charge in [-0.3, -0.25) is 9.59 Å². The van der Waals surface area contributed by atoms with E-state index < -0.39 is 0 Å². The number of benzene rings is 1. The molecule has 3 rings (SSSR count). The van der Waals surface area contributed by atoms with Crippen LogP contribution in [0.5, 0.6) is 11.5 Å². The molecule has 1 aromatic heterocycles. The van der Waals surface area contributed by atoms with Crippen molar-refractivity contribution in [2.75, 3.05) is 32.1 Å². The summed E-state index contributed by atoms with van der Waals surface area (Å²) < 4.78 is 11.2. The predicted octanol–water partition coefficient (Wildman–Crippen LogP) is 4.07. The van der Waals surface area contributed by atoms with E-state index in [-0.39, 0.29) is 17.7 Å². The second-order valence-corrected chi connectivity index (χ2v) is 7.84. The fourth-order valence-corrected chi connectivity index (χ4v) is 3.61. The van der Waals surface area contributed by atoms with Gasteiger partial charge in [-0.05, 0) is 62.1 Å². The Labute approximate surface area is 183 Å². The molecule has 2 heterocycles. The van der Waals surface area contributed by atoms with Gasteiger partial charge in [0.25, 0.3) is 5.91 Å². The van der Waals surface area contributed by atoms with Gasteiger partial charge in [0.1, 0.15) is 5.82 Å². The Hall–Kier alpha value is -3.09. The lowest BCUT2D eigenvalue weighted by atomic mass is 9.95. The van der Waals surface area contributed by atoms with Crippen LogP contribution in [0.1, 0.15) is 48.5 Å². The number of ether oxygens (including phenoxy) is 2. The average Bonchev–Trinajstić information content (AvgIpc) is 2.79. The zero-order valence-electron chi connectivity index (χ0n) is 18.5. The van der Waals surface area contributed by atoms with Crippen LogP contribution >= 0.6 is 0 Å². The van der Waals surface area contributed by atoms with Crippen LogP contribution in [0, 0.1) is 12.8 Å². The van der Waals surface area contributed by atoms with Crippen LogP contribution in [0.4, 0.5) is 5.82 Å². The van der Waals surface area contributed by atoms with Gasteiger partial charge in [0.2, 0.25) is 5.91 Å². The first kappa shape index (κ1) is 22.6. The van der Waals surface area contributed by atoms with E-state index in [9.17, 15) is 9.59 Å². The number of amides is 2. The molecule has 1 N–H and O–H groups in total. The summed E-state index contributed by atoms with van der Waals surface area (Å²) in [6, 6.07) is 9.02. The Morgan fingerprint density at radius 3 is 2.61 bits per heavy atom. The molecule has 1 aliphatic rings. The molecule has 0 atom stereocenters. The third-order valence-corrected chi connectivity index (χ3v) is 5.49. The molecule has 0 aliphatic carbocycles. The van der Waals surface area contributed by atoms with Gasteiger partial charge in [-0.15, -0.1) is 0 Å². The maximum atomic E-state index is 13.0. The van der Waals surface area contributed by atoms with Crippen molar-refractivity contribution < 1.29 is 19.1 Å². The Kier molecular flexibility index (Phi) is 7.87. The number of likely N-dealkylation sites (tertiary alicyclic amines) is 1. The molecule has 0 spiro atoms. The monoisotopic (exact) mass is 425 g/mol. The van der Waals surface area contributed by atoms with Crippen molar-refractivity contribution in [1.29, 1.82) is 0 Å². The van der Waals surface area contributed by atoms with Gasteiger partial charge < -0.3 is 19.7 Å². The van der Waals surface area contributed by atoms with E-state index in [1.54, 1.807) is 36.4 Å². The first-order valence-electron chi connectivity index (χ1n) is 10.9. The third-order valence-electron chi connectivity index (χ3n) is 5.49. The normalized spacial score (nSPS) is 14.2. The van der Waals surface area contributed by atoms with Crippen LogP contribution in [0.3, 0.4) is 0 Å². The number of anilines is 1. The topological polar surface area (TPSA) is 80.8 Å². The van der Waals surface area contributed by atoms with Crippen molar-refractivity contribution in [3.63, 3.8) is 0 Å². The fourth-order valence-electron chi connectivity index (χ4n) is 3.61.